The van der Waals surface area contributed by atoms with E-state index >= 15 is 0 Å². The highest BCUT2D eigenvalue weighted by Crippen LogP contribution is 2.41. The summed E-state index contributed by atoms with van der Waals surface area (Å²) in [7, 11) is -1.68. The van der Waals surface area contributed by atoms with Crippen molar-refractivity contribution < 1.29 is 28.8 Å². The molecule has 0 spiro atoms. The molecule has 2 aromatic rings. The number of hydrogen-bond donors (Lipinski definition) is 2. The minimum atomic E-state index is -1.68. The maximum Gasteiger partial charge on any atom is 0.459 e. The molecule has 2 fully saturated rings. The first-order valence-electron chi connectivity index (χ1n) is 12.2. The third kappa shape index (κ3) is 5.89. The normalized spacial score (nSPS) is 18.9. The number of amides is 1. The van der Waals surface area contributed by atoms with Crippen LogP contribution < -0.4 is 0 Å². The molecule has 1 aliphatic heterocycles. The summed E-state index contributed by atoms with van der Waals surface area (Å²) in [6, 6.07) is 2.67. The van der Waals surface area contributed by atoms with Gasteiger partial charge in [-0.3, -0.25) is 14.4 Å². The van der Waals surface area contributed by atoms with Crippen LogP contribution in [0, 0.1) is 24.2 Å². The van der Waals surface area contributed by atoms with Gasteiger partial charge in [0, 0.05) is 36.8 Å². The van der Waals surface area contributed by atoms with E-state index < -0.39 is 30.9 Å². The van der Waals surface area contributed by atoms with Gasteiger partial charge in [0.25, 0.3) is 0 Å². The zero-order valence-corrected chi connectivity index (χ0v) is 19.8. The lowest BCUT2D eigenvalue weighted by Gasteiger charge is -2.28. The standard InChI is InChI=1S/C25H28BFN4O5/c1-28-18(14-26(35)36)12-24(33)22-3-2-9-31(22)25(34)19(16-4-5-16)13-23(32)17-6-7-21(20(27)11-17)30-10-8-29-15-30/h6-8,10-11,15-16,18-19,22,35-36H,2-5,9,12-14H2. The number of aromatic nitrogens is 2. The van der Waals surface area contributed by atoms with Gasteiger partial charge >= 0.3 is 7.12 Å². The van der Waals surface area contributed by atoms with Gasteiger partial charge < -0.3 is 24.4 Å². The Kier molecular flexibility index (Phi) is 7.96. The zero-order valence-electron chi connectivity index (χ0n) is 19.8. The fraction of sp³-hybridized carbons (Fsp3) is 0.480. The number of Topliss-reactive ketones (excluding diaryl/α,β-unsaturated/α-hetero) is 2. The first-order chi connectivity index (χ1) is 17.3. The quantitative estimate of drug-likeness (QED) is 0.281. The van der Waals surface area contributed by atoms with Crippen LogP contribution in [-0.4, -0.2) is 67.7 Å². The number of likely N-dealkylation sites (tertiary alicyclic amines) is 1. The summed E-state index contributed by atoms with van der Waals surface area (Å²) in [5.74, 6) is -1.96. The molecule has 2 N–H and O–H groups in total. The van der Waals surface area contributed by atoms with E-state index in [1.165, 1.54) is 40.2 Å². The van der Waals surface area contributed by atoms with Gasteiger partial charge in [0.15, 0.2) is 11.6 Å². The van der Waals surface area contributed by atoms with E-state index in [4.69, 9.17) is 16.6 Å². The molecule has 0 radical (unpaired) electrons. The second-order valence-corrected chi connectivity index (χ2v) is 9.57. The van der Waals surface area contributed by atoms with Crippen LogP contribution in [-0.2, 0) is 9.59 Å². The highest BCUT2D eigenvalue weighted by Gasteiger charge is 2.44. The maximum absolute atomic E-state index is 14.7. The van der Waals surface area contributed by atoms with Gasteiger partial charge in [-0.15, -0.1) is 0 Å². The SMILES string of the molecule is [C-]#[N+]C(CB(O)O)CC(=O)C1CCCN1C(=O)C(CC(=O)c1ccc(-n2ccnc2)c(F)c1)C1CC1. The van der Waals surface area contributed by atoms with Crippen molar-refractivity contribution in [2.24, 2.45) is 11.8 Å². The molecular formula is C25H28BFN4O5. The maximum atomic E-state index is 14.7. The van der Waals surface area contributed by atoms with Crippen molar-refractivity contribution in [3.63, 3.8) is 0 Å². The molecular weight excluding hydrogens is 466 g/mol. The first-order valence-corrected chi connectivity index (χ1v) is 12.2. The Morgan fingerprint density at radius 2 is 2.00 bits per heavy atom. The van der Waals surface area contributed by atoms with E-state index in [0.717, 1.165) is 12.8 Å². The van der Waals surface area contributed by atoms with Crippen LogP contribution in [0.4, 0.5) is 4.39 Å². The molecule has 1 saturated carbocycles. The van der Waals surface area contributed by atoms with Crippen molar-refractivity contribution in [3.05, 3.63) is 59.7 Å². The second-order valence-electron chi connectivity index (χ2n) is 9.57. The van der Waals surface area contributed by atoms with Crippen molar-refractivity contribution in [3.8, 4) is 5.69 Å². The van der Waals surface area contributed by atoms with Crippen LogP contribution in [0.1, 0.15) is 48.9 Å². The number of ketones is 2. The summed E-state index contributed by atoms with van der Waals surface area (Å²) >= 11 is 0. The summed E-state index contributed by atoms with van der Waals surface area (Å²) in [5.41, 5.74) is 0.454. The molecule has 11 heteroatoms. The van der Waals surface area contributed by atoms with Crippen molar-refractivity contribution >= 4 is 24.6 Å². The van der Waals surface area contributed by atoms with E-state index in [9.17, 15) is 18.8 Å². The van der Waals surface area contributed by atoms with Gasteiger partial charge in [-0.05, 0) is 49.8 Å². The molecule has 36 heavy (non-hydrogen) atoms. The molecule has 1 aromatic carbocycles. The van der Waals surface area contributed by atoms with Gasteiger partial charge in [0.1, 0.15) is 5.82 Å². The topological polar surface area (TPSA) is 117 Å². The van der Waals surface area contributed by atoms with Gasteiger partial charge in [0.2, 0.25) is 11.9 Å². The Balaban J connectivity index is 1.44. The zero-order chi connectivity index (χ0) is 25.8. The number of benzene rings is 1. The lowest BCUT2D eigenvalue weighted by atomic mass is 9.80. The van der Waals surface area contributed by atoms with Crippen LogP contribution in [0.5, 0.6) is 0 Å². The lowest BCUT2D eigenvalue weighted by Crippen LogP contribution is -2.45. The number of carbonyl (C=O) groups is 3. The molecule has 1 aliphatic carbocycles. The fourth-order valence-electron chi connectivity index (χ4n) is 4.93. The number of hydrogen-bond acceptors (Lipinski definition) is 6. The van der Waals surface area contributed by atoms with Crippen LogP contribution in [0.15, 0.2) is 36.9 Å². The van der Waals surface area contributed by atoms with Gasteiger partial charge in [-0.2, -0.15) is 0 Å². The molecule has 1 saturated heterocycles. The Morgan fingerprint density at radius 3 is 2.61 bits per heavy atom. The number of rotatable bonds is 11. The van der Waals surface area contributed by atoms with E-state index in [-0.39, 0.29) is 53.8 Å². The number of nitrogens with zero attached hydrogens (tertiary/aromatic N) is 4. The average molecular weight is 494 g/mol. The third-order valence-corrected chi connectivity index (χ3v) is 6.98. The third-order valence-electron chi connectivity index (χ3n) is 6.98. The summed E-state index contributed by atoms with van der Waals surface area (Å²) in [5, 5.41) is 18.3. The molecule has 188 valence electrons. The van der Waals surface area contributed by atoms with Crippen LogP contribution in [0.3, 0.4) is 0 Å². The van der Waals surface area contributed by atoms with Crippen LogP contribution in [0.2, 0.25) is 6.32 Å². The molecule has 2 aliphatic rings. The molecule has 2 heterocycles. The second kappa shape index (κ2) is 11.1. The van der Waals surface area contributed by atoms with E-state index in [1.54, 1.807) is 6.20 Å². The summed E-state index contributed by atoms with van der Waals surface area (Å²) in [6.07, 6.45) is 6.88. The predicted octanol–water partition coefficient (Wildman–Crippen LogP) is 2.32. The summed E-state index contributed by atoms with van der Waals surface area (Å²) in [4.78, 5) is 48.2. The number of halogens is 1. The summed E-state index contributed by atoms with van der Waals surface area (Å²) in [6.45, 7) is 7.61. The largest absolute Gasteiger partial charge is 0.459 e. The molecule has 3 unspecified atom stereocenters. The highest BCUT2D eigenvalue weighted by atomic mass is 19.1. The Hall–Kier alpha value is -3.36. The fourth-order valence-corrected chi connectivity index (χ4v) is 4.93. The Morgan fingerprint density at radius 1 is 1.22 bits per heavy atom. The van der Waals surface area contributed by atoms with E-state index in [2.05, 4.69) is 9.83 Å². The predicted molar refractivity (Wildman–Crippen MR) is 128 cm³/mol. The van der Waals surface area contributed by atoms with Gasteiger partial charge in [0.05, 0.1) is 30.8 Å². The van der Waals surface area contributed by atoms with Crippen molar-refractivity contribution in [2.75, 3.05) is 6.54 Å². The molecule has 1 aromatic heterocycles. The molecule has 1 amide bonds. The van der Waals surface area contributed by atoms with Crippen LogP contribution in [0.25, 0.3) is 10.5 Å². The highest BCUT2D eigenvalue weighted by molar-refractivity contribution is 6.41. The monoisotopic (exact) mass is 494 g/mol. The van der Waals surface area contributed by atoms with Crippen molar-refractivity contribution in [2.45, 2.75) is 56.9 Å². The minimum Gasteiger partial charge on any atom is -0.427 e. The first kappa shape index (κ1) is 25.7. The molecule has 9 nitrogen and oxygen atoms in total. The smallest absolute Gasteiger partial charge is 0.427 e. The minimum absolute atomic E-state index is 0.0494. The average Bonchev–Trinajstić information content (AvgIpc) is 3.32. The van der Waals surface area contributed by atoms with Crippen molar-refractivity contribution in [1.82, 2.24) is 14.5 Å². The summed E-state index contributed by atoms with van der Waals surface area (Å²) < 4.78 is 16.2. The van der Waals surface area contributed by atoms with Crippen molar-refractivity contribution in [1.29, 1.82) is 0 Å². The number of imidazole rings is 1. The van der Waals surface area contributed by atoms with Crippen LogP contribution >= 0.6 is 0 Å². The van der Waals surface area contributed by atoms with Gasteiger partial charge in [-0.1, -0.05) is 0 Å². The molecule has 4 rings (SSSR count). The molecule has 0 bridgehead atoms. The lowest BCUT2D eigenvalue weighted by molar-refractivity contribution is -0.141. The van der Waals surface area contributed by atoms with Gasteiger partial charge in [-0.25, -0.2) is 15.9 Å². The molecule has 3 atom stereocenters. The van der Waals surface area contributed by atoms with E-state index in [0.29, 0.717) is 19.4 Å². The number of carbonyl (C=O) groups excluding carboxylic acids is 3. The Bertz CT molecular complexity index is 1160. The van der Waals surface area contributed by atoms with E-state index in [1.807, 2.05) is 0 Å². The Labute approximate surface area is 208 Å².